The van der Waals surface area contributed by atoms with Gasteiger partial charge >= 0.3 is 0 Å². The number of hydrogen-bond donors (Lipinski definition) is 1. The Bertz CT molecular complexity index is 287. The van der Waals surface area contributed by atoms with Gasteiger partial charge in [0.2, 0.25) is 5.91 Å². The second-order valence-electron chi connectivity index (χ2n) is 6.10. The minimum atomic E-state index is 0.0885. The summed E-state index contributed by atoms with van der Waals surface area (Å²) < 4.78 is 0. The molecule has 0 radical (unpaired) electrons. The van der Waals surface area contributed by atoms with Crippen molar-refractivity contribution in [2.24, 2.45) is 11.3 Å². The van der Waals surface area contributed by atoms with Crippen molar-refractivity contribution in [3.05, 3.63) is 12.2 Å². The van der Waals surface area contributed by atoms with Gasteiger partial charge in [-0.3, -0.25) is 4.79 Å². The Labute approximate surface area is 105 Å². The van der Waals surface area contributed by atoms with E-state index in [-0.39, 0.29) is 23.3 Å². The molecule has 1 amide bonds. The Morgan fingerprint density at radius 2 is 1.94 bits per heavy atom. The summed E-state index contributed by atoms with van der Waals surface area (Å²) in [5.41, 5.74) is 0.0885. The van der Waals surface area contributed by atoms with Crippen LogP contribution in [0.2, 0.25) is 0 Å². The standard InChI is InChI=1S/C14H26N2O/c1-11(14(2,3)10-16(4)5)15-13(17)12-8-6-7-9-12/h6-7,11-12H,8-10H2,1-5H3,(H,15,17)/t11-/m0/s1. The highest BCUT2D eigenvalue weighted by Crippen LogP contribution is 2.23. The fourth-order valence-corrected chi connectivity index (χ4v) is 2.31. The van der Waals surface area contributed by atoms with Gasteiger partial charge in [-0.2, -0.15) is 0 Å². The van der Waals surface area contributed by atoms with Crippen molar-refractivity contribution in [2.75, 3.05) is 20.6 Å². The maximum atomic E-state index is 12.0. The number of nitrogens with zero attached hydrogens (tertiary/aromatic N) is 1. The van der Waals surface area contributed by atoms with E-state index in [4.69, 9.17) is 0 Å². The second kappa shape index (κ2) is 5.67. The number of amides is 1. The molecular weight excluding hydrogens is 212 g/mol. The smallest absolute Gasteiger partial charge is 0.223 e. The van der Waals surface area contributed by atoms with Crippen LogP contribution in [-0.4, -0.2) is 37.5 Å². The molecule has 1 atom stereocenters. The van der Waals surface area contributed by atoms with Crippen molar-refractivity contribution in [2.45, 2.75) is 39.7 Å². The first kappa shape index (κ1) is 14.2. The zero-order valence-corrected chi connectivity index (χ0v) is 11.8. The molecule has 0 aromatic carbocycles. The molecule has 3 heteroatoms. The molecule has 1 aliphatic carbocycles. The molecule has 0 aliphatic heterocycles. The van der Waals surface area contributed by atoms with Gasteiger partial charge in [0, 0.05) is 18.5 Å². The maximum absolute atomic E-state index is 12.0. The van der Waals surface area contributed by atoms with Gasteiger partial charge in [-0.1, -0.05) is 26.0 Å². The SMILES string of the molecule is C[C@H](NC(=O)C1CC=CC1)C(C)(C)CN(C)C. The molecule has 0 unspecified atom stereocenters. The van der Waals surface area contributed by atoms with Crippen LogP contribution in [0.1, 0.15) is 33.6 Å². The van der Waals surface area contributed by atoms with E-state index in [0.29, 0.717) is 0 Å². The quantitative estimate of drug-likeness (QED) is 0.743. The molecule has 17 heavy (non-hydrogen) atoms. The Balaban J connectivity index is 2.47. The molecule has 0 bridgehead atoms. The number of rotatable bonds is 5. The van der Waals surface area contributed by atoms with Crippen LogP contribution in [-0.2, 0) is 4.79 Å². The van der Waals surface area contributed by atoms with Crippen molar-refractivity contribution in [3.8, 4) is 0 Å². The lowest BCUT2D eigenvalue weighted by molar-refractivity contribution is -0.126. The first-order valence-corrected chi connectivity index (χ1v) is 6.43. The molecule has 0 fully saturated rings. The summed E-state index contributed by atoms with van der Waals surface area (Å²) in [6.07, 6.45) is 5.99. The molecule has 0 saturated carbocycles. The number of carbonyl (C=O) groups is 1. The Hall–Kier alpha value is -0.830. The Kier molecular flexibility index (Phi) is 4.75. The Morgan fingerprint density at radius 3 is 2.41 bits per heavy atom. The van der Waals surface area contributed by atoms with E-state index < -0.39 is 0 Å². The summed E-state index contributed by atoms with van der Waals surface area (Å²) in [5, 5.41) is 3.16. The zero-order valence-electron chi connectivity index (χ0n) is 11.8. The average Bonchev–Trinajstić information content (AvgIpc) is 2.67. The third kappa shape index (κ3) is 4.15. The van der Waals surface area contributed by atoms with Gasteiger partial charge in [-0.15, -0.1) is 0 Å². The molecule has 0 aromatic heterocycles. The van der Waals surface area contributed by atoms with E-state index in [2.05, 4.69) is 57.2 Å². The van der Waals surface area contributed by atoms with E-state index in [0.717, 1.165) is 19.4 Å². The van der Waals surface area contributed by atoms with Crippen molar-refractivity contribution >= 4 is 5.91 Å². The molecule has 1 aliphatic rings. The van der Waals surface area contributed by atoms with Crippen LogP contribution in [0, 0.1) is 11.3 Å². The lowest BCUT2D eigenvalue weighted by atomic mass is 9.84. The van der Waals surface area contributed by atoms with Gasteiger partial charge in [-0.25, -0.2) is 0 Å². The normalized spacial score (nSPS) is 18.7. The molecule has 1 N–H and O–H groups in total. The van der Waals surface area contributed by atoms with Crippen LogP contribution in [0.15, 0.2) is 12.2 Å². The van der Waals surface area contributed by atoms with Gasteiger partial charge in [0.05, 0.1) is 0 Å². The number of allylic oxidation sites excluding steroid dienone is 2. The minimum absolute atomic E-state index is 0.0885. The molecule has 0 saturated heterocycles. The molecular formula is C14H26N2O. The second-order valence-corrected chi connectivity index (χ2v) is 6.10. The monoisotopic (exact) mass is 238 g/mol. The van der Waals surface area contributed by atoms with E-state index in [1.54, 1.807) is 0 Å². The predicted molar refractivity (Wildman–Crippen MR) is 71.8 cm³/mol. The molecule has 0 heterocycles. The first-order valence-electron chi connectivity index (χ1n) is 6.43. The Morgan fingerprint density at radius 1 is 1.41 bits per heavy atom. The summed E-state index contributed by atoms with van der Waals surface area (Å²) in [7, 11) is 4.13. The summed E-state index contributed by atoms with van der Waals surface area (Å²) in [6.45, 7) is 7.47. The van der Waals surface area contributed by atoms with Crippen LogP contribution in [0.5, 0.6) is 0 Å². The first-order chi connectivity index (χ1) is 7.83. The molecule has 0 spiro atoms. The van der Waals surface area contributed by atoms with Crippen molar-refractivity contribution < 1.29 is 4.79 Å². The summed E-state index contributed by atoms with van der Waals surface area (Å²) >= 11 is 0. The molecule has 0 aromatic rings. The highest BCUT2D eigenvalue weighted by atomic mass is 16.1. The van der Waals surface area contributed by atoms with Gasteiger partial charge < -0.3 is 10.2 Å². The van der Waals surface area contributed by atoms with Crippen molar-refractivity contribution in [3.63, 3.8) is 0 Å². The largest absolute Gasteiger partial charge is 0.353 e. The lowest BCUT2D eigenvalue weighted by Gasteiger charge is -2.35. The number of nitrogens with one attached hydrogen (secondary N) is 1. The van der Waals surface area contributed by atoms with Crippen LogP contribution in [0.4, 0.5) is 0 Å². The highest BCUT2D eigenvalue weighted by molar-refractivity contribution is 5.79. The van der Waals surface area contributed by atoms with Gasteiger partial charge in [-0.05, 0) is 39.3 Å². The van der Waals surface area contributed by atoms with E-state index in [1.807, 2.05) is 0 Å². The minimum Gasteiger partial charge on any atom is -0.353 e. The van der Waals surface area contributed by atoms with Crippen LogP contribution < -0.4 is 5.32 Å². The third-order valence-electron chi connectivity index (χ3n) is 3.63. The van der Waals surface area contributed by atoms with Gasteiger partial charge in [0.15, 0.2) is 0 Å². The van der Waals surface area contributed by atoms with Crippen molar-refractivity contribution in [1.29, 1.82) is 0 Å². The fraction of sp³-hybridized carbons (Fsp3) is 0.786. The van der Waals surface area contributed by atoms with Crippen LogP contribution in [0.3, 0.4) is 0 Å². The topological polar surface area (TPSA) is 32.3 Å². The third-order valence-corrected chi connectivity index (χ3v) is 3.63. The van der Waals surface area contributed by atoms with E-state index in [1.165, 1.54) is 0 Å². The molecule has 1 rings (SSSR count). The van der Waals surface area contributed by atoms with E-state index >= 15 is 0 Å². The summed E-state index contributed by atoms with van der Waals surface area (Å²) in [5.74, 6) is 0.363. The van der Waals surface area contributed by atoms with Crippen LogP contribution >= 0.6 is 0 Å². The zero-order chi connectivity index (χ0) is 13.1. The number of hydrogen-bond acceptors (Lipinski definition) is 2. The summed E-state index contributed by atoms with van der Waals surface area (Å²) in [4.78, 5) is 14.2. The molecule has 3 nitrogen and oxygen atoms in total. The number of carbonyl (C=O) groups excluding carboxylic acids is 1. The predicted octanol–water partition coefficient (Wildman–Crippen LogP) is 2.05. The summed E-state index contributed by atoms with van der Waals surface area (Å²) in [6, 6.07) is 0.193. The van der Waals surface area contributed by atoms with Crippen LogP contribution in [0.25, 0.3) is 0 Å². The lowest BCUT2D eigenvalue weighted by Crippen LogP contribution is -2.48. The van der Waals surface area contributed by atoms with Crippen molar-refractivity contribution in [1.82, 2.24) is 10.2 Å². The van der Waals surface area contributed by atoms with Gasteiger partial charge in [0.25, 0.3) is 0 Å². The van der Waals surface area contributed by atoms with E-state index in [9.17, 15) is 4.79 Å². The molecule has 98 valence electrons. The fourth-order valence-electron chi connectivity index (χ4n) is 2.31. The maximum Gasteiger partial charge on any atom is 0.223 e. The van der Waals surface area contributed by atoms with Gasteiger partial charge in [0.1, 0.15) is 0 Å². The highest BCUT2D eigenvalue weighted by Gasteiger charge is 2.29. The average molecular weight is 238 g/mol.